The number of carboxylic acid groups (broad SMARTS) is 1. The zero-order valence-corrected chi connectivity index (χ0v) is 28.8. The molecule has 1 aromatic heterocycles. The third-order valence-electron chi connectivity index (χ3n) is 11.1. The highest BCUT2D eigenvalue weighted by molar-refractivity contribution is 5.71. The Morgan fingerprint density at radius 3 is 2.12 bits per heavy atom. The molecule has 1 amide bonds. The summed E-state index contributed by atoms with van der Waals surface area (Å²) in [6.45, 7) is 7.92. The molecule has 0 unspecified atom stereocenters. The lowest BCUT2D eigenvalue weighted by molar-refractivity contribution is -0.00630. The van der Waals surface area contributed by atoms with E-state index in [0.29, 0.717) is 47.2 Å². The third-order valence-corrected chi connectivity index (χ3v) is 11.1. The summed E-state index contributed by atoms with van der Waals surface area (Å²) in [5.74, 6) is 0.600. The first kappa shape index (κ1) is 33.8. The van der Waals surface area contributed by atoms with Gasteiger partial charge in [-0.3, -0.25) is 0 Å². The molecular weight excluding hydrogens is 631 g/mol. The van der Waals surface area contributed by atoms with E-state index in [9.17, 15) is 4.79 Å². The Balaban J connectivity index is 0.977. The minimum atomic E-state index is -0.913. The van der Waals surface area contributed by atoms with Crippen molar-refractivity contribution in [1.82, 2.24) is 15.2 Å². The van der Waals surface area contributed by atoms with Gasteiger partial charge in [-0.05, 0) is 97.3 Å². The van der Waals surface area contributed by atoms with Crippen LogP contribution >= 0.6 is 0 Å². The van der Waals surface area contributed by atoms with Gasteiger partial charge in [0, 0.05) is 37.3 Å². The second-order valence-corrected chi connectivity index (χ2v) is 14.8. The van der Waals surface area contributed by atoms with Crippen LogP contribution in [0.3, 0.4) is 0 Å². The van der Waals surface area contributed by atoms with Crippen LogP contribution in [0.1, 0.15) is 56.6 Å². The van der Waals surface area contributed by atoms with Crippen molar-refractivity contribution in [3.8, 4) is 22.9 Å². The van der Waals surface area contributed by atoms with E-state index < -0.39 is 6.09 Å². The van der Waals surface area contributed by atoms with Crippen molar-refractivity contribution >= 4 is 11.8 Å². The lowest BCUT2D eigenvalue weighted by Crippen LogP contribution is -2.55. The van der Waals surface area contributed by atoms with Gasteiger partial charge in [-0.15, -0.1) is 0 Å². The zero-order valence-electron chi connectivity index (χ0n) is 28.8. The number of anilines is 1. The number of amides is 1. The maximum Gasteiger partial charge on any atom is 0.404 e. The Morgan fingerprint density at radius 2 is 1.50 bits per heavy atom. The standard InChI is InChI=1S/C41H47FN4O4/c1-40(29-45-20-18-41(19-21-45)25-33(26-41)43-39(47)48)16-22-46(23-17-40)36-14-12-32(24-35(36)42)34-13-15-37(49-27-30-8-4-2-5-9-30)44-38(34)50-28-31-10-6-3-7-11-31/h2-15,24,33,43H,16-23,25-29H2,1H3,(H,47,48). The largest absolute Gasteiger partial charge is 0.473 e. The quantitative estimate of drug-likeness (QED) is 0.166. The van der Waals surface area contributed by atoms with E-state index in [0.717, 1.165) is 82.4 Å². The van der Waals surface area contributed by atoms with Crippen LogP contribution in [0.25, 0.3) is 11.1 Å². The number of carbonyl (C=O) groups is 1. The molecule has 2 N–H and O–H groups in total. The molecule has 2 saturated heterocycles. The van der Waals surface area contributed by atoms with Gasteiger partial charge in [0.05, 0.1) is 5.69 Å². The zero-order chi connectivity index (χ0) is 34.6. The van der Waals surface area contributed by atoms with Crippen molar-refractivity contribution in [2.45, 2.75) is 64.7 Å². The van der Waals surface area contributed by atoms with Gasteiger partial charge in [0.2, 0.25) is 11.8 Å². The highest BCUT2D eigenvalue weighted by atomic mass is 19.1. The van der Waals surface area contributed by atoms with Gasteiger partial charge in [-0.2, -0.15) is 4.98 Å². The van der Waals surface area contributed by atoms with Crippen LogP contribution in [-0.4, -0.2) is 59.8 Å². The van der Waals surface area contributed by atoms with Crippen molar-refractivity contribution in [2.24, 2.45) is 10.8 Å². The number of hydrogen-bond acceptors (Lipinski definition) is 6. The van der Waals surface area contributed by atoms with Crippen molar-refractivity contribution in [1.29, 1.82) is 0 Å². The maximum atomic E-state index is 15.9. The molecule has 3 aromatic carbocycles. The first-order valence-corrected chi connectivity index (χ1v) is 17.9. The van der Waals surface area contributed by atoms with E-state index in [2.05, 4.69) is 22.0 Å². The molecule has 2 aliphatic heterocycles. The predicted octanol–water partition coefficient (Wildman–Crippen LogP) is 8.16. The SMILES string of the molecule is CC1(CN2CCC3(CC2)CC(NC(=O)O)C3)CCN(c2ccc(-c3ccc(OCc4ccccc4)nc3OCc3ccccc3)cc2F)CC1. The van der Waals surface area contributed by atoms with Crippen LogP contribution in [0.2, 0.25) is 0 Å². The molecule has 3 heterocycles. The molecule has 0 radical (unpaired) electrons. The fourth-order valence-electron chi connectivity index (χ4n) is 8.06. The number of piperidine rings is 2. The fraction of sp³-hybridized carbons (Fsp3) is 0.415. The summed E-state index contributed by atoms with van der Waals surface area (Å²) in [5.41, 5.74) is 4.61. The van der Waals surface area contributed by atoms with Gasteiger partial charge in [-0.25, -0.2) is 9.18 Å². The Morgan fingerprint density at radius 1 is 0.860 bits per heavy atom. The number of pyridine rings is 1. The van der Waals surface area contributed by atoms with Gasteiger partial charge >= 0.3 is 6.09 Å². The Bertz CT molecular complexity index is 1750. The minimum Gasteiger partial charge on any atom is -0.473 e. The van der Waals surface area contributed by atoms with E-state index in [1.54, 1.807) is 6.07 Å². The molecule has 50 heavy (non-hydrogen) atoms. The number of benzene rings is 3. The molecule has 3 aliphatic rings. The Hall–Kier alpha value is -4.63. The molecule has 8 nitrogen and oxygen atoms in total. The van der Waals surface area contributed by atoms with E-state index >= 15 is 4.39 Å². The second kappa shape index (κ2) is 14.7. The fourth-order valence-corrected chi connectivity index (χ4v) is 8.06. The van der Waals surface area contributed by atoms with Crippen molar-refractivity contribution < 1.29 is 23.8 Å². The smallest absolute Gasteiger partial charge is 0.404 e. The molecular formula is C41H47FN4O4. The topological polar surface area (TPSA) is 87.2 Å². The van der Waals surface area contributed by atoms with Crippen LogP contribution in [0.5, 0.6) is 11.8 Å². The van der Waals surface area contributed by atoms with Gasteiger partial charge in [0.25, 0.3) is 0 Å². The van der Waals surface area contributed by atoms with Crippen LogP contribution in [-0.2, 0) is 13.2 Å². The molecule has 4 aromatic rings. The van der Waals surface area contributed by atoms with Crippen molar-refractivity contribution in [3.63, 3.8) is 0 Å². The molecule has 1 saturated carbocycles. The Kier molecular flexibility index (Phi) is 9.95. The number of ether oxygens (including phenoxy) is 2. The molecule has 1 spiro atoms. The number of aromatic nitrogens is 1. The number of halogens is 1. The number of nitrogens with zero attached hydrogens (tertiary/aromatic N) is 3. The van der Waals surface area contributed by atoms with Crippen LogP contribution in [0, 0.1) is 16.6 Å². The normalized spacial score (nSPS) is 18.7. The average Bonchev–Trinajstić information content (AvgIpc) is 3.11. The molecule has 7 rings (SSSR count). The van der Waals surface area contributed by atoms with Gasteiger partial charge in [0.1, 0.15) is 19.0 Å². The minimum absolute atomic E-state index is 0.118. The summed E-state index contributed by atoms with van der Waals surface area (Å²) < 4.78 is 28.1. The summed E-state index contributed by atoms with van der Waals surface area (Å²) in [6.07, 6.45) is 5.32. The summed E-state index contributed by atoms with van der Waals surface area (Å²) in [6, 6.07) is 29.1. The third kappa shape index (κ3) is 8.05. The van der Waals surface area contributed by atoms with Crippen LogP contribution < -0.4 is 19.7 Å². The number of hydrogen-bond donors (Lipinski definition) is 2. The lowest BCUT2D eigenvalue weighted by atomic mass is 9.60. The highest BCUT2D eigenvalue weighted by Crippen LogP contribution is 2.49. The number of rotatable bonds is 11. The molecule has 1 aliphatic carbocycles. The first-order chi connectivity index (χ1) is 24.2. The van der Waals surface area contributed by atoms with Gasteiger partial charge < -0.3 is 29.7 Å². The summed E-state index contributed by atoms with van der Waals surface area (Å²) >= 11 is 0. The summed E-state index contributed by atoms with van der Waals surface area (Å²) in [5, 5.41) is 11.7. The second-order valence-electron chi connectivity index (χ2n) is 14.8. The average molecular weight is 679 g/mol. The first-order valence-electron chi connectivity index (χ1n) is 17.9. The molecule has 262 valence electrons. The van der Waals surface area contributed by atoms with Crippen molar-refractivity contribution in [3.05, 3.63) is 108 Å². The summed E-state index contributed by atoms with van der Waals surface area (Å²) in [4.78, 5) is 20.5. The molecule has 0 bridgehead atoms. The van der Waals surface area contributed by atoms with E-state index in [1.165, 1.54) is 0 Å². The van der Waals surface area contributed by atoms with Gasteiger partial charge in [0.15, 0.2) is 0 Å². The summed E-state index contributed by atoms with van der Waals surface area (Å²) in [7, 11) is 0. The van der Waals surface area contributed by atoms with Gasteiger partial charge in [-0.1, -0.05) is 73.7 Å². The number of nitrogens with one attached hydrogen (secondary N) is 1. The van der Waals surface area contributed by atoms with Crippen molar-refractivity contribution in [2.75, 3.05) is 37.6 Å². The van der Waals surface area contributed by atoms with E-state index in [-0.39, 0.29) is 17.3 Å². The predicted molar refractivity (Wildman–Crippen MR) is 193 cm³/mol. The number of likely N-dealkylation sites (tertiary alicyclic amines) is 1. The van der Waals surface area contributed by atoms with E-state index in [1.807, 2.05) is 84.9 Å². The van der Waals surface area contributed by atoms with Crippen LogP contribution in [0.4, 0.5) is 14.9 Å². The monoisotopic (exact) mass is 678 g/mol. The Labute approximate surface area is 294 Å². The van der Waals surface area contributed by atoms with Crippen LogP contribution in [0.15, 0.2) is 91.0 Å². The maximum absolute atomic E-state index is 15.9. The van der Waals surface area contributed by atoms with E-state index in [4.69, 9.17) is 19.6 Å². The molecule has 3 fully saturated rings. The lowest BCUT2D eigenvalue weighted by Gasteiger charge is -2.53. The molecule has 9 heteroatoms. The highest BCUT2D eigenvalue weighted by Gasteiger charge is 2.47. The molecule has 0 atom stereocenters.